The zero-order valence-electron chi connectivity index (χ0n) is 11.9. The van der Waals surface area contributed by atoms with E-state index in [-0.39, 0.29) is 51.7 Å². The third-order valence-electron chi connectivity index (χ3n) is 2.77. The fourth-order valence-corrected chi connectivity index (χ4v) is 1.87. The molecule has 0 aliphatic heterocycles. The van der Waals surface area contributed by atoms with E-state index in [1.807, 2.05) is 0 Å². The van der Waals surface area contributed by atoms with Gasteiger partial charge in [0.15, 0.2) is 5.41 Å². The minimum Gasteiger partial charge on any atom is -1.00 e. The fourth-order valence-electron chi connectivity index (χ4n) is 1.87. The van der Waals surface area contributed by atoms with Crippen LogP contribution >= 0.6 is 0 Å². The monoisotopic (exact) mass is 362 g/mol. The van der Waals surface area contributed by atoms with Crippen molar-refractivity contribution in [3.8, 4) is 0 Å². The van der Waals surface area contributed by atoms with E-state index in [2.05, 4.69) is 0 Å². The predicted molar refractivity (Wildman–Crippen MR) is 66.2 cm³/mol. The van der Waals surface area contributed by atoms with E-state index in [0.29, 0.717) is 5.56 Å². The molecule has 4 nitrogen and oxygen atoms in total. The van der Waals surface area contributed by atoms with Crippen LogP contribution < -0.4 is 0 Å². The van der Waals surface area contributed by atoms with Crippen molar-refractivity contribution < 1.29 is 22.7 Å². The van der Waals surface area contributed by atoms with E-state index in [4.69, 9.17) is 0 Å². The van der Waals surface area contributed by atoms with Crippen molar-refractivity contribution in [1.29, 1.82) is 0 Å². The van der Waals surface area contributed by atoms with Crippen LogP contribution in [0.5, 0.6) is 0 Å². The minimum absolute atomic E-state index is 0. The number of rotatable bonds is 4. The van der Waals surface area contributed by atoms with E-state index >= 15 is 0 Å². The zero-order chi connectivity index (χ0) is 12.3. The summed E-state index contributed by atoms with van der Waals surface area (Å²) >= 11 is 0. The van der Waals surface area contributed by atoms with E-state index in [1.54, 1.807) is 32.0 Å². The molecular formula is C12H16BaO4. The van der Waals surface area contributed by atoms with Gasteiger partial charge in [0, 0.05) is 0 Å². The van der Waals surface area contributed by atoms with Gasteiger partial charge in [-0.25, -0.2) is 0 Å². The third kappa shape index (κ3) is 2.95. The molecule has 0 saturated heterocycles. The van der Waals surface area contributed by atoms with Gasteiger partial charge < -0.3 is 13.1 Å². The first-order valence-corrected chi connectivity index (χ1v) is 4.96. The Morgan fingerprint density at radius 2 is 1.53 bits per heavy atom. The van der Waals surface area contributed by atoms with Crippen LogP contribution in [0.1, 0.15) is 22.3 Å². The predicted octanol–water partition coefficient (Wildman–Crippen LogP) is 1.59. The molecule has 0 aromatic heterocycles. The molecule has 17 heavy (non-hydrogen) atoms. The molecule has 0 heterocycles. The zero-order valence-corrected chi connectivity index (χ0v) is 14.3. The normalized spacial score (nSPS) is 10.8. The van der Waals surface area contributed by atoms with Gasteiger partial charge in [-0.3, -0.25) is 9.59 Å². The number of hydrogen-bond acceptors (Lipinski definition) is 2. The summed E-state index contributed by atoms with van der Waals surface area (Å²) in [5.41, 5.74) is -1.58. The van der Waals surface area contributed by atoms with Gasteiger partial charge in [-0.15, -0.1) is 0 Å². The van der Waals surface area contributed by atoms with Crippen molar-refractivity contribution in [1.82, 2.24) is 0 Å². The van der Waals surface area contributed by atoms with Crippen molar-refractivity contribution >= 4 is 60.8 Å². The molecule has 0 unspecified atom stereocenters. The average molecular weight is 362 g/mol. The summed E-state index contributed by atoms with van der Waals surface area (Å²) in [6, 6.07) is 8.06. The summed E-state index contributed by atoms with van der Waals surface area (Å²) < 4.78 is 0. The van der Waals surface area contributed by atoms with Gasteiger partial charge in [0.2, 0.25) is 0 Å². The van der Waals surface area contributed by atoms with Gasteiger partial charge in [-0.1, -0.05) is 44.2 Å². The maximum absolute atomic E-state index is 11.3. The smallest absolute Gasteiger partial charge is 1.00 e. The third-order valence-corrected chi connectivity index (χ3v) is 2.77. The second-order valence-corrected chi connectivity index (χ2v) is 3.94. The Morgan fingerprint density at radius 1 is 1.12 bits per heavy atom. The average Bonchev–Trinajstić information content (AvgIpc) is 2.18. The van der Waals surface area contributed by atoms with E-state index in [9.17, 15) is 19.8 Å². The molecule has 1 aromatic carbocycles. The van der Waals surface area contributed by atoms with Crippen LogP contribution in [-0.2, 0) is 15.0 Å². The van der Waals surface area contributed by atoms with Crippen LogP contribution in [0.4, 0.5) is 0 Å². The van der Waals surface area contributed by atoms with Crippen molar-refractivity contribution in [2.24, 2.45) is 5.92 Å². The van der Waals surface area contributed by atoms with Gasteiger partial charge in [-0.05, 0) is 11.5 Å². The molecule has 5 heteroatoms. The van der Waals surface area contributed by atoms with E-state index in [0.717, 1.165) is 0 Å². The Morgan fingerprint density at radius 3 is 1.82 bits per heavy atom. The molecule has 0 radical (unpaired) electrons. The number of carboxylic acids is 2. The second kappa shape index (κ2) is 6.61. The molecule has 0 aliphatic rings. The molecule has 0 fully saturated rings. The van der Waals surface area contributed by atoms with E-state index < -0.39 is 23.3 Å². The van der Waals surface area contributed by atoms with Gasteiger partial charge >= 0.3 is 60.8 Å². The molecule has 0 atom stereocenters. The van der Waals surface area contributed by atoms with Crippen molar-refractivity contribution in [2.45, 2.75) is 19.3 Å². The molecule has 0 saturated carbocycles. The Hall–Kier alpha value is -0.269. The fraction of sp³-hybridized carbons (Fsp3) is 0.333. The Bertz CT molecular complexity index is 395. The van der Waals surface area contributed by atoms with Crippen molar-refractivity contribution in [2.75, 3.05) is 0 Å². The van der Waals surface area contributed by atoms with Crippen LogP contribution in [0.3, 0.4) is 0 Å². The topological polar surface area (TPSA) is 74.6 Å². The number of benzene rings is 1. The molecule has 0 bridgehead atoms. The Balaban J connectivity index is -0.000000853. The van der Waals surface area contributed by atoms with Crippen LogP contribution in [0.15, 0.2) is 30.3 Å². The molecule has 0 amide bonds. The van der Waals surface area contributed by atoms with Gasteiger partial charge in [0.25, 0.3) is 0 Å². The molecule has 90 valence electrons. The maximum Gasteiger partial charge on any atom is 2.00 e. The quantitative estimate of drug-likeness (QED) is 0.631. The molecule has 1 aromatic rings. The summed E-state index contributed by atoms with van der Waals surface area (Å²) in [7, 11) is 0. The molecule has 0 aliphatic carbocycles. The summed E-state index contributed by atoms with van der Waals surface area (Å²) in [5.74, 6) is -3.20. The van der Waals surface area contributed by atoms with E-state index in [1.165, 1.54) is 12.1 Å². The molecular weight excluding hydrogens is 345 g/mol. The number of carbonyl (C=O) groups is 2. The number of carboxylic acid groups (broad SMARTS) is 2. The van der Waals surface area contributed by atoms with Gasteiger partial charge in [0.05, 0.1) is 0 Å². The molecule has 0 spiro atoms. The summed E-state index contributed by atoms with van der Waals surface area (Å²) in [6.07, 6.45) is 0. The SMILES string of the molecule is CC(C)C(C(=O)O)(C(=O)O)c1ccccc1.[Ba+2].[H-].[H-]. The molecule has 1 rings (SSSR count). The maximum atomic E-state index is 11.3. The van der Waals surface area contributed by atoms with Crippen LogP contribution in [-0.4, -0.2) is 71.0 Å². The van der Waals surface area contributed by atoms with Crippen LogP contribution in [0, 0.1) is 5.92 Å². The standard InChI is InChI=1S/C12H14O4.Ba.2H/c1-8(2)12(10(13)14,11(15)16)9-6-4-3-5-7-9;;;/h3-8H,1-2H3,(H,13,14)(H,15,16);;;/q;+2;2*-1. The van der Waals surface area contributed by atoms with Crippen LogP contribution in [0.25, 0.3) is 0 Å². The second-order valence-electron chi connectivity index (χ2n) is 3.94. The largest absolute Gasteiger partial charge is 2.00 e. The van der Waals surface area contributed by atoms with Crippen LogP contribution in [0.2, 0.25) is 0 Å². The first-order chi connectivity index (χ1) is 7.44. The van der Waals surface area contributed by atoms with Gasteiger partial charge in [0.1, 0.15) is 0 Å². The summed E-state index contributed by atoms with van der Waals surface area (Å²) in [6.45, 7) is 3.18. The number of aliphatic carboxylic acids is 2. The minimum atomic E-state index is -1.87. The van der Waals surface area contributed by atoms with Crippen molar-refractivity contribution in [3.63, 3.8) is 0 Å². The Kier molecular flexibility index (Phi) is 6.50. The Labute approximate surface area is 143 Å². The summed E-state index contributed by atoms with van der Waals surface area (Å²) in [5, 5.41) is 18.5. The number of hydrogen-bond donors (Lipinski definition) is 2. The molecule has 2 N–H and O–H groups in total. The van der Waals surface area contributed by atoms with Gasteiger partial charge in [-0.2, -0.15) is 0 Å². The summed E-state index contributed by atoms with van der Waals surface area (Å²) in [4.78, 5) is 22.6. The first kappa shape index (κ1) is 16.7. The van der Waals surface area contributed by atoms with Crippen molar-refractivity contribution in [3.05, 3.63) is 35.9 Å². The first-order valence-electron chi connectivity index (χ1n) is 4.96.